The molecule has 0 aromatic carbocycles. The van der Waals surface area contributed by atoms with E-state index < -0.39 is 0 Å². The summed E-state index contributed by atoms with van der Waals surface area (Å²) in [4.78, 5) is 11.1. The number of esters is 1. The molecule has 6 heteroatoms. The third-order valence-electron chi connectivity index (χ3n) is 4.84. The molecule has 0 spiro atoms. The molecule has 2 aliphatic carbocycles. The summed E-state index contributed by atoms with van der Waals surface area (Å²) in [6.45, 7) is 0.716. The van der Waals surface area contributed by atoms with Crippen molar-refractivity contribution in [3.05, 3.63) is 11.6 Å². The van der Waals surface area contributed by atoms with Gasteiger partial charge in [-0.2, -0.15) is 0 Å². The van der Waals surface area contributed by atoms with Gasteiger partial charge in [-0.15, -0.1) is 0 Å². The van der Waals surface area contributed by atoms with E-state index in [2.05, 4.69) is 32.9 Å². The molecule has 0 aromatic rings. The van der Waals surface area contributed by atoms with E-state index in [1.165, 1.54) is 12.7 Å². The first-order valence-electron chi connectivity index (χ1n) is 7.56. The van der Waals surface area contributed by atoms with Crippen LogP contribution in [0.15, 0.2) is 11.6 Å². The van der Waals surface area contributed by atoms with Crippen LogP contribution in [0.2, 0.25) is 0 Å². The lowest BCUT2D eigenvalue weighted by molar-refractivity contribution is -0.140. The van der Waals surface area contributed by atoms with Crippen LogP contribution in [-0.4, -0.2) is 30.9 Å². The lowest BCUT2D eigenvalue weighted by Gasteiger charge is -2.21. The topological polar surface area (TPSA) is 55.8 Å². The van der Waals surface area contributed by atoms with E-state index in [9.17, 15) is 9.90 Å². The highest BCUT2D eigenvalue weighted by Gasteiger charge is 2.46. The Morgan fingerprint density at radius 2 is 2.33 bits per heavy atom. The van der Waals surface area contributed by atoms with Crippen LogP contribution in [-0.2, 0) is 14.1 Å². The SMILES string of the molecule is COC(=O)CCC/C=C1\C[C@H]2C[C@@H](OPI)[C@H](CO)[C@H]2C1. The summed E-state index contributed by atoms with van der Waals surface area (Å²) in [7, 11) is 1.43. The van der Waals surface area contributed by atoms with Crippen LogP contribution in [0.1, 0.15) is 38.5 Å². The van der Waals surface area contributed by atoms with Crippen molar-refractivity contribution in [1.82, 2.24) is 0 Å². The van der Waals surface area contributed by atoms with Crippen LogP contribution in [0.3, 0.4) is 0 Å². The fourth-order valence-corrected chi connectivity index (χ4v) is 5.18. The van der Waals surface area contributed by atoms with Crippen molar-refractivity contribution in [2.75, 3.05) is 13.7 Å². The Balaban J connectivity index is 1.80. The molecule has 2 saturated carbocycles. The van der Waals surface area contributed by atoms with Gasteiger partial charge in [-0.25, -0.2) is 0 Å². The standard InChI is InChI=1S/C15H24IO4P/c1-19-15(18)5-3-2-4-10-6-11-8-14(20-21-16)13(9-17)12(11)7-10/h4,11-14,17,21H,2-3,5-9H2,1H3/b10-4+/t11-,12-,13+,14+/m0/s1. The molecular formula is C15H24IO4P. The molecule has 0 saturated heterocycles. The number of carbonyl (C=O) groups excluding carboxylic acids is 1. The van der Waals surface area contributed by atoms with Gasteiger partial charge in [0.1, 0.15) is 0 Å². The number of allylic oxidation sites excluding steroid dienone is 2. The maximum absolute atomic E-state index is 11.1. The Labute approximate surface area is 141 Å². The first-order chi connectivity index (χ1) is 10.2. The molecule has 0 radical (unpaired) electrons. The minimum Gasteiger partial charge on any atom is -0.469 e. The van der Waals surface area contributed by atoms with Crippen molar-refractivity contribution in [2.45, 2.75) is 44.6 Å². The molecule has 2 rings (SSSR count). The number of methoxy groups -OCH3 is 1. The summed E-state index contributed by atoms with van der Waals surface area (Å²) >= 11 is 2.26. The predicted octanol–water partition coefficient (Wildman–Crippen LogP) is 3.62. The Kier molecular flexibility index (Phi) is 7.39. The van der Waals surface area contributed by atoms with Crippen LogP contribution in [0.25, 0.3) is 0 Å². The molecule has 0 amide bonds. The van der Waals surface area contributed by atoms with Crippen molar-refractivity contribution in [3.8, 4) is 0 Å². The second-order valence-corrected chi connectivity index (χ2v) is 7.69. The third kappa shape index (κ3) is 4.63. The number of rotatable bonds is 7. The van der Waals surface area contributed by atoms with Crippen molar-refractivity contribution in [2.24, 2.45) is 17.8 Å². The molecular weight excluding hydrogens is 402 g/mol. The smallest absolute Gasteiger partial charge is 0.305 e. The second kappa shape index (κ2) is 8.80. The van der Waals surface area contributed by atoms with Crippen LogP contribution in [0.4, 0.5) is 0 Å². The van der Waals surface area contributed by atoms with E-state index in [0.29, 0.717) is 30.6 Å². The van der Waals surface area contributed by atoms with Crippen molar-refractivity contribution < 1.29 is 19.2 Å². The molecule has 21 heavy (non-hydrogen) atoms. The van der Waals surface area contributed by atoms with Gasteiger partial charge >= 0.3 is 5.97 Å². The predicted molar refractivity (Wildman–Crippen MR) is 92.6 cm³/mol. The largest absolute Gasteiger partial charge is 0.469 e. The summed E-state index contributed by atoms with van der Waals surface area (Å²) in [5.74, 6) is 1.43. The van der Waals surface area contributed by atoms with Gasteiger partial charge in [-0.3, -0.25) is 4.79 Å². The first kappa shape index (κ1) is 17.6. The lowest BCUT2D eigenvalue weighted by atomic mass is 9.92. The number of hydrogen-bond acceptors (Lipinski definition) is 4. The second-order valence-electron chi connectivity index (χ2n) is 5.98. The van der Waals surface area contributed by atoms with Gasteiger partial charge in [0.15, 0.2) is 0 Å². The summed E-state index contributed by atoms with van der Waals surface area (Å²) in [6, 6.07) is 0. The van der Waals surface area contributed by atoms with E-state index in [1.54, 1.807) is 0 Å². The number of halogens is 1. The minimum atomic E-state index is -0.128. The molecule has 1 N–H and O–H groups in total. The molecule has 0 aliphatic heterocycles. The number of aliphatic hydroxyl groups is 1. The Morgan fingerprint density at radius 3 is 3.00 bits per heavy atom. The molecule has 2 aliphatic rings. The van der Waals surface area contributed by atoms with Gasteiger partial charge in [-0.05, 0) is 66.0 Å². The number of fused-ring (bicyclic) bond motifs is 1. The number of carbonyl (C=O) groups is 1. The summed E-state index contributed by atoms with van der Waals surface area (Å²) in [5, 5.41) is 9.65. The summed E-state index contributed by atoms with van der Waals surface area (Å²) in [6.07, 6.45) is 8.18. The van der Waals surface area contributed by atoms with Crippen LogP contribution in [0.5, 0.6) is 0 Å². The number of aliphatic hydroxyl groups excluding tert-OH is 1. The van der Waals surface area contributed by atoms with E-state index in [4.69, 9.17) is 4.52 Å². The third-order valence-corrected chi connectivity index (χ3v) is 6.00. The van der Waals surface area contributed by atoms with Gasteiger partial charge in [-0.1, -0.05) is 11.6 Å². The number of ether oxygens (including phenoxy) is 1. The average molecular weight is 426 g/mol. The Hall–Kier alpha value is 0.290. The fraction of sp³-hybridized carbons (Fsp3) is 0.800. The van der Waals surface area contributed by atoms with Crippen LogP contribution >= 0.6 is 28.5 Å². The molecule has 1 unspecified atom stereocenters. The zero-order valence-electron chi connectivity index (χ0n) is 12.4. The first-order valence-corrected chi connectivity index (χ1v) is 11.6. The normalized spacial score (nSPS) is 34.0. The van der Waals surface area contributed by atoms with Gasteiger partial charge in [0.2, 0.25) is 0 Å². The zero-order chi connectivity index (χ0) is 15.2. The van der Waals surface area contributed by atoms with E-state index in [0.717, 1.165) is 32.1 Å². The van der Waals surface area contributed by atoms with Crippen molar-refractivity contribution in [3.63, 3.8) is 0 Å². The number of unbranched alkanes of at least 4 members (excludes halogenated alkanes) is 1. The van der Waals surface area contributed by atoms with Gasteiger partial charge in [0, 0.05) is 18.9 Å². The van der Waals surface area contributed by atoms with Gasteiger partial charge < -0.3 is 14.4 Å². The highest BCUT2D eigenvalue weighted by atomic mass is 127. The van der Waals surface area contributed by atoms with Gasteiger partial charge in [0.05, 0.1) is 19.7 Å². The highest BCUT2D eigenvalue weighted by molar-refractivity contribution is 14.2. The maximum Gasteiger partial charge on any atom is 0.305 e. The Bertz CT molecular complexity index is 388. The summed E-state index contributed by atoms with van der Waals surface area (Å²) in [5.41, 5.74) is 1.50. The minimum absolute atomic E-state index is 0.128. The van der Waals surface area contributed by atoms with Crippen molar-refractivity contribution in [1.29, 1.82) is 0 Å². The Morgan fingerprint density at radius 1 is 1.52 bits per heavy atom. The molecule has 5 atom stereocenters. The lowest BCUT2D eigenvalue weighted by Crippen LogP contribution is -2.23. The average Bonchev–Trinajstić information content (AvgIpc) is 3.00. The highest BCUT2D eigenvalue weighted by Crippen LogP contribution is 2.52. The molecule has 0 heterocycles. The van der Waals surface area contributed by atoms with E-state index in [-0.39, 0.29) is 18.7 Å². The molecule has 2 fully saturated rings. The quantitative estimate of drug-likeness (QED) is 0.222. The molecule has 120 valence electrons. The maximum atomic E-state index is 11.1. The molecule has 0 bridgehead atoms. The number of hydrogen-bond donors (Lipinski definition) is 1. The fourth-order valence-electron chi connectivity index (χ4n) is 3.82. The zero-order valence-corrected chi connectivity index (χ0v) is 15.5. The van der Waals surface area contributed by atoms with Crippen molar-refractivity contribution >= 4 is 34.5 Å². The molecule has 4 nitrogen and oxygen atoms in total. The molecule has 0 aromatic heterocycles. The van der Waals surface area contributed by atoms with Crippen LogP contribution < -0.4 is 0 Å². The van der Waals surface area contributed by atoms with Gasteiger partial charge in [0.25, 0.3) is 0 Å². The summed E-state index contributed by atoms with van der Waals surface area (Å²) < 4.78 is 10.4. The van der Waals surface area contributed by atoms with E-state index >= 15 is 0 Å². The van der Waals surface area contributed by atoms with E-state index in [1.807, 2.05) is 0 Å². The van der Waals surface area contributed by atoms with Crippen LogP contribution in [0, 0.1) is 17.8 Å². The monoisotopic (exact) mass is 426 g/mol.